The number of allylic oxidation sites excluding steroid dienone is 1. The molecule has 1 N–H and O–H groups in total. The molecule has 0 spiro atoms. The normalized spacial score (nSPS) is 14.5. The number of anilines is 1. The zero-order valence-electron chi connectivity index (χ0n) is 21.6. The second-order valence-electron chi connectivity index (χ2n) is 8.58. The summed E-state index contributed by atoms with van der Waals surface area (Å²) >= 11 is 0. The van der Waals surface area contributed by atoms with E-state index in [1.165, 1.54) is 32.9 Å². The first-order chi connectivity index (χ1) is 17.7. The lowest BCUT2D eigenvalue weighted by molar-refractivity contribution is -0.140. The summed E-state index contributed by atoms with van der Waals surface area (Å²) in [5.41, 5.74) is 1.10. The average Bonchev–Trinajstić information content (AvgIpc) is 2.92. The summed E-state index contributed by atoms with van der Waals surface area (Å²) in [6.07, 6.45) is 0. The number of hydrogen-bond donors (Lipinski definition) is 1. The summed E-state index contributed by atoms with van der Waals surface area (Å²) < 4.78 is 24.6. The minimum absolute atomic E-state index is 0.0460. The quantitative estimate of drug-likeness (QED) is 0.486. The zero-order valence-corrected chi connectivity index (χ0v) is 21.6. The summed E-state index contributed by atoms with van der Waals surface area (Å²) in [5, 5.41) is 3.09. The van der Waals surface area contributed by atoms with Crippen molar-refractivity contribution in [1.82, 2.24) is 9.13 Å². The predicted octanol–water partition coefficient (Wildman–Crippen LogP) is 2.68. The fraction of sp³-hybridized carbons (Fsp3) is 0.296. The van der Waals surface area contributed by atoms with Gasteiger partial charge in [-0.15, -0.1) is 0 Å². The first-order valence-corrected chi connectivity index (χ1v) is 11.5. The number of nitrogens with zero attached hydrogens (tertiary/aromatic N) is 2. The molecule has 194 valence electrons. The SMILES string of the molecule is COc1cc(OC)c(C2C(C(=O)OCc3ccccc3)=C(C)Nc3c2c(=O)n(C)c(=O)n3C)cc1OC. The van der Waals surface area contributed by atoms with Crippen molar-refractivity contribution in [2.24, 2.45) is 14.1 Å². The van der Waals surface area contributed by atoms with Crippen molar-refractivity contribution in [3.63, 3.8) is 0 Å². The van der Waals surface area contributed by atoms with Gasteiger partial charge in [0.25, 0.3) is 5.56 Å². The molecule has 1 aromatic heterocycles. The molecule has 0 aliphatic carbocycles. The molecule has 1 atom stereocenters. The molecule has 0 bridgehead atoms. The molecule has 1 unspecified atom stereocenters. The molecule has 1 aliphatic rings. The number of benzene rings is 2. The van der Waals surface area contributed by atoms with Gasteiger partial charge in [0.2, 0.25) is 0 Å². The van der Waals surface area contributed by atoms with Gasteiger partial charge in [-0.05, 0) is 18.6 Å². The molecule has 4 rings (SSSR count). The van der Waals surface area contributed by atoms with Crippen molar-refractivity contribution in [1.29, 1.82) is 0 Å². The number of methoxy groups -OCH3 is 3. The Bertz CT molecular complexity index is 1500. The fourth-order valence-electron chi connectivity index (χ4n) is 4.55. The molecule has 2 heterocycles. The summed E-state index contributed by atoms with van der Waals surface area (Å²) in [6.45, 7) is 1.74. The average molecular weight is 508 g/mol. The molecular weight excluding hydrogens is 478 g/mol. The Kier molecular flexibility index (Phi) is 7.10. The molecular formula is C27H29N3O7. The number of carbonyl (C=O) groups is 1. The van der Waals surface area contributed by atoms with Crippen LogP contribution in [0.5, 0.6) is 17.2 Å². The Labute approximate surface area is 213 Å². The third-order valence-electron chi connectivity index (χ3n) is 6.47. The van der Waals surface area contributed by atoms with E-state index in [1.54, 1.807) is 26.1 Å². The van der Waals surface area contributed by atoms with Crippen LogP contribution in [-0.2, 0) is 30.2 Å². The van der Waals surface area contributed by atoms with E-state index in [-0.39, 0.29) is 23.6 Å². The van der Waals surface area contributed by atoms with Crippen LogP contribution < -0.4 is 30.8 Å². The van der Waals surface area contributed by atoms with Gasteiger partial charge in [0.05, 0.1) is 38.4 Å². The van der Waals surface area contributed by atoms with E-state index in [2.05, 4.69) is 5.32 Å². The number of ether oxygens (including phenoxy) is 4. The van der Waals surface area contributed by atoms with E-state index < -0.39 is 23.1 Å². The monoisotopic (exact) mass is 507 g/mol. The number of carbonyl (C=O) groups excluding carboxylic acids is 1. The highest BCUT2D eigenvalue weighted by Crippen LogP contribution is 2.46. The van der Waals surface area contributed by atoms with Crippen molar-refractivity contribution in [2.75, 3.05) is 26.6 Å². The van der Waals surface area contributed by atoms with E-state index in [0.29, 0.717) is 28.5 Å². The lowest BCUT2D eigenvalue weighted by atomic mass is 9.81. The fourth-order valence-corrected chi connectivity index (χ4v) is 4.55. The first-order valence-electron chi connectivity index (χ1n) is 11.5. The maximum Gasteiger partial charge on any atom is 0.337 e. The number of esters is 1. The van der Waals surface area contributed by atoms with Crippen molar-refractivity contribution in [3.8, 4) is 17.2 Å². The van der Waals surface area contributed by atoms with Gasteiger partial charge in [-0.25, -0.2) is 9.59 Å². The Balaban J connectivity index is 1.97. The van der Waals surface area contributed by atoms with Crippen LogP contribution >= 0.6 is 0 Å². The van der Waals surface area contributed by atoms with E-state index in [0.717, 1.165) is 10.1 Å². The van der Waals surface area contributed by atoms with Gasteiger partial charge in [0.15, 0.2) is 11.5 Å². The molecule has 10 heteroatoms. The summed E-state index contributed by atoms with van der Waals surface area (Å²) in [7, 11) is 7.42. The van der Waals surface area contributed by atoms with Crippen LogP contribution in [0.4, 0.5) is 5.82 Å². The summed E-state index contributed by atoms with van der Waals surface area (Å²) in [4.78, 5) is 39.9. The number of fused-ring (bicyclic) bond motifs is 1. The molecule has 2 aromatic carbocycles. The van der Waals surface area contributed by atoms with Crippen LogP contribution in [0.2, 0.25) is 0 Å². The second-order valence-corrected chi connectivity index (χ2v) is 8.58. The van der Waals surface area contributed by atoms with Gasteiger partial charge < -0.3 is 24.3 Å². The molecule has 0 fully saturated rings. The lowest BCUT2D eigenvalue weighted by Gasteiger charge is -2.31. The van der Waals surface area contributed by atoms with Crippen molar-refractivity contribution >= 4 is 11.8 Å². The van der Waals surface area contributed by atoms with Crippen LogP contribution in [0.1, 0.15) is 29.5 Å². The Morgan fingerprint density at radius 3 is 2.16 bits per heavy atom. The van der Waals surface area contributed by atoms with Crippen molar-refractivity contribution in [3.05, 3.63) is 91.3 Å². The Hall–Kier alpha value is -4.47. The van der Waals surface area contributed by atoms with Crippen LogP contribution in [0.25, 0.3) is 0 Å². The third kappa shape index (κ3) is 4.46. The smallest absolute Gasteiger partial charge is 0.337 e. The maximum absolute atomic E-state index is 13.6. The largest absolute Gasteiger partial charge is 0.496 e. The van der Waals surface area contributed by atoms with Gasteiger partial charge in [0.1, 0.15) is 18.2 Å². The third-order valence-corrected chi connectivity index (χ3v) is 6.47. The maximum atomic E-state index is 13.6. The Morgan fingerprint density at radius 1 is 0.919 bits per heavy atom. The van der Waals surface area contributed by atoms with Gasteiger partial charge in [-0.2, -0.15) is 0 Å². The van der Waals surface area contributed by atoms with Crippen LogP contribution in [0.3, 0.4) is 0 Å². The summed E-state index contributed by atoms with van der Waals surface area (Å²) in [5.74, 6) is -0.0918. The standard InChI is InChI=1S/C27H29N3O7/c1-15-21(26(32)37-14-16-10-8-7-9-11-16)22(17-12-19(35-5)20(36-6)13-18(17)34-4)23-24(28-15)29(2)27(33)30(3)25(23)31/h7-13,22,28H,14H2,1-6H3. The first kappa shape index (κ1) is 25.6. The highest BCUT2D eigenvalue weighted by atomic mass is 16.5. The number of nitrogens with one attached hydrogen (secondary N) is 1. The van der Waals surface area contributed by atoms with Gasteiger partial charge in [-0.3, -0.25) is 13.9 Å². The van der Waals surface area contributed by atoms with Crippen LogP contribution in [-0.4, -0.2) is 36.4 Å². The minimum Gasteiger partial charge on any atom is -0.496 e. The molecule has 0 amide bonds. The highest BCUT2D eigenvalue weighted by molar-refractivity contribution is 5.94. The van der Waals surface area contributed by atoms with Crippen LogP contribution in [0.15, 0.2) is 63.3 Å². The number of rotatable bonds is 7. The van der Waals surface area contributed by atoms with Gasteiger partial charge in [-0.1, -0.05) is 30.3 Å². The molecule has 0 radical (unpaired) electrons. The van der Waals surface area contributed by atoms with Crippen molar-refractivity contribution < 1.29 is 23.7 Å². The van der Waals surface area contributed by atoms with E-state index >= 15 is 0 Å². The second kappa shape index (κ2) is 10.3. The topological polar surface area (TPSA) is 110 Å². The number of aromatic nitrogens is 2. The van der Waals surface area contributed by atoms with Gasteiger partial charge in [0, 0.05) is 31.4 Å². The minimum atomic E-state index is -0.931. The predicted molar refractivity (Wildman–Crippen MR) is 137 cm³/mol. The van der Waals surface area contributed by atoms with Crippen molar-refractivity contribution in [2.45, 2.75) is 19.4 Å². The number of hydrogen-bond acceptors (Lipinski definition) is 8. The molecule has 37 heavy (non-hydrogen) atoms. The molecule has 0 saturated heterocycles. The lowest BCUT2D eigenvalue weighted by Crippen LogP contribution is -2.43. The molecule has 10 nitrogen and oxygen atoms in total. The van der Waals surface area contributed by atoms with Gasteiger partial charge >= 0.3 is 11.7 Å². The van der Waals surface area contributed by atoms with E-state index in [9.17, 15) is 14.4 Å². The molecule has 0 saturated carbocycles. The molecule has 3 aromatic rings. The zero-order chi connectivity index (χ0) is 26.9. The van der Waals surface area contributed by atoms with E-state index in [4.69, 9.17) is 18.9 Å². The van der Waals surface area contributed by atoms with E-state index in [1.807, 2.05) is 30.3 Å². The summed E-state index contributed by atoms with van der Waals surface area (Å²) in [6, 6.07) is 12.6. The molecule has 1 aliphatic heterocycles. The van der Waals surface area contributed by atoms with Crippen LogP contribution in [0, 0.1) is 0 Å². The highest BCUT2D eigenvalue weighted by Gasteiger charge is 2.39. The Morgan fingerprint density at radius 2 is 1.54 bits per heavy atom.